The minimum atomic E-state index is -0.0935. The zero-order chi connectivity index (χ0) is 20.4. The van der Waals surface area contributed by atoms with E-state index in [9.17, 15) is 0 Å². The third-order valence-corrected chi connectivity index (χ3v) is 5.41. The van der Waals surface area contributed by atoms with Gasteiger partial charge in [0, 0.05) is 47.1 Å². The number of aromatic nitrogens is 1. The molecular weight excluding hydrogens is 378 g/mol. The van der Waals surface area contributed by atoms with Crippen LogP contribution in [-0.2, 0) is 20.8 Å². The summed E-state index contributed by atoms with van der Waals surface area (Å²) in [5.41, 5.74) is 2.26. The molecule has 7 heteroatoms. The van der Waals surface area contributed by atoms with E-state index < -0.39 is 0 Å². The van der Waals surface area contributed by atoms with Gasteiger partial charge in [-0.1, -0.05) is 11.6 Å². The highest BCUT2D eigenvalue weighted by Crippen LogP contribution is 2.27. The number of hydrogen-bond acceptors (Lipinski definition) is 6. The number of halogens is 1. The summed E-state index contributed by atoms with van der Waals surface area (Å²) in [6, 6.07) is 4.00. The summed E-state index contributed by atoms with van der Waals surface area (Å²) in [6.45, 7) is 4.55. The second-order valence-corrected chi connectivity index (χ2v) is 8.13. The van der Waals surface area contributed by atoms with E-state index in [2.05, 4.69) is 34.9 Å². The molecule has 1 aliphatic heterocycles. The van der Waals surface area contributed by atoms with Gasteiger partial charge in [-0.3, -0.25) is 0 Å². The van der Waals surface area contributed by atoms with Gasteiger partial charge in [0.1, 0.15) is 5.15 Å². The monoisotopic (exact) mass is 413 g/mol. The Morgan fingerprint density at radius 1 is 1.18 bits per heavy atom. The number of pyridine rings is 1. The number of piperidine rings is 1. The Morgan fingerprint density at radius 2 is 1.89 bits per heavy atom. The summed E-state index contributed by atoms with van der Waals surface area (Å²) in [5, 5.41) is 0.561. The maximum Gasteiger partial charge on any atom is 0.156 e. The quantitative estimate of drug-likeness (QED) is 0.295. The van der Waals surface area contributed by atoms with E-state index in [1.54, 1.807) is 14.2 Å². The molecule has 2 heterocycles. The molecule has 1 saturated heterocycles. The van der Waals surface area contributed by atoms with Crippen molar-refractivity contribution in [3.8, 4) is 0 Å². The van der Waals surface area contributed by atoms with E-state index in [0.717, 1.165) is 70.6 Å². The Labute approximate surface area is 175 Å². The zero-order valence-corrected chi connectivity index (χ0v) is 18.6. The van der Waals surface area contributed by atoms with Crippen LogP contribution in [0.4, 0.5) is 5.69 Å². The van der Waals surface area contributed by atoms with E-state index in [0.29, 0.717) is 11.1 Å². The third kappa shape index (κ3) is 7.84. The van der Waals surface area contributed by atoms with Crippen molar-refractivity contribution in [2.75, 3.05) is 59.5 Å². The molecule has 0 atom stereocenters. The van der Waals surface area contributed by atoms with Crippen LogP contribution in [0.3, 0.4) is 0 Å². The minimum Gasteiger partial charge on any atom is -0.381 e. The van der Waals surface area contributed by atoms with Crippen molar-refractivity contribution in [3.05, 3.63) is 23.0 Å². The second kappa shape index (κ2) is 12.6. The van der Waals surface area contributed by atoms with Gasteiger partial charge in [-0.25, -0.2) is 4.98 Å². The highest BCUT2D eigenvalue weighted by Gasteiger charge is 2.22. The number of anilines is 1. The van der Waals surface area contributed by atoms with Gasteiger partial charge in [-0.15, -0.1) is 0 Å². The number of rotatable bonds is 12. The van der Waals surface area contributed by atoms with Crippen LogP contribution >= 0.6 is 11.6 Å². The topological polar surface area (TPSA) is 47.1 Å². The first-order chi connectivity index (χ1) is 13.5. The fourth-order valence-corrected chi connectivity index (χ4v) is 3.77. The van der Waals surface area contributed by atoms with Crippen LogP contribution in [0.25, 0.3) is 0 Å². The highest BCUT2D eigenvalue weighted by molar-refractivity contribution is 6.29. The maximum absolute atomic E-state index is 6.11. The van der Waals surface area contributed by atoms with Crippen LogP contribution in [0.1, 0.15) is 37.8 Å². The molecule has 28 heavy (non-hydrogen) atoms. The minimum absolute atomic E-state index is 0.0935. The molecule has 0 unspecified atom stereocenters. The molecule has 0 aromatic carbocycles. The van der Waals surface area contributed by atoms with Crippen LogP contribution in [0.2, 0.25) is 5.15 Å². The van der Waals surface area contributed by atoms with E-state index in [4.69, 9.17) is 25.8 Å². The third-order valence-electron chi connectivity index (χ3n) is 5.20. The Hall–Kier alpha value is -0.920. The lowest BCUT2D eigenvalue weighted by molar-refractivity contribution is -0.107. The van der Waals surface area contributed by atoms with Crippen LogP contribution in [0.15, 0.2) is 12.1 Å². The number of hydrogen-bond donors (Lipinski definition) is 0. The van der Waals surface area contributed by atoms with Gasteiger partial charge in [0.05, 0.1) is 11.4 Å². The lowest BCUT2D eigenvalue weighted by atomic mass is 9.97. The number of methoxy groups -OCH3 is 2. The summed E-state index contributed by atoms with van der Waals surface area (Å²) in [7, 11) is 7.47. The van der Waals surface area contributed by atoms with Gasteiger partial charge in [-0.2, -0.15) is 0 Å². The van der Waals surface area contributed by atoms with Gasteiger partial charge >= 0.3 is 0 Å². The van der Waals surface area contributed by atoms with Gasteiger partial charge in [0.25, 0.3) is 0 Å². The van der Waals surface area contributed by atoms with Crippen molar-refractivity contribution in [2.24, 2.45) is 5.92 Å². The summed E-state index contributed by atoms with van der Waals surface area (Å²) in [4.78, 5) is 9.12. The van der Waals surface area contributed by atoms with Gasteiger partial charge in [0.2, 0.25) is 0 Å². The summed E-state index contributed by atoms with van der Waals surface area (Å²) >= 11 is 6.11. The van der Waals surface area contributed by atoms with Gasteiger partial charge in [0.15, 0.2) is 6.29 Å². The lowest BCUT2D eigenvalue weighted by Gasteiger charge is -2.34. The first-order valence-corrected chi connectivity index (χ1v) is 10.6. The standard InChI is InChI=1S/C21H36ClN3O3/c1-24(2)15-18-19(8-9-20(22)23-18)25-12-10-17(11-13-25)16-28-14-6-5-7-21(26-3)27-4/h8-9,17,21H,5-7,10-16H2,1-4H3. The van der Waals surface area contributed by atoms with Crippen LogP contribution in [0, 0.1) is 5.92 Å². The number of unbranched alkanes of at least 4 members (excludes halogenated alkanes) is 1. The molecule has 0 saturated carbocycles. The first-order valence-electron chi connectivity index (χ1n) is 10.2. The normalized spacial score (nSPS) is 15.8. The molecule has 1 fully saturated rings. The Balaban J connectivity index is 1.69. The van der Waals surface area contributed by atoms with Crippen molar-refractivity contribution < 1.29 is 14.2 Å². The predicted octanol–water partition coefficient (Wildman–Crippen LogP) is 3.82. The van der Waals surface area contributed by atoms with Crippen molar-refractivity contribution in [2.45, 2.75) is 44.9 Å². The van der Waals surface area contributed by atoms with Crippen LogP contribution in [0.5, 0.6) is 0 Å². The van der Waals surface area contributed by atoms with Crippen molar-refractivity contribution in [3.63, 3.8) is 0 Å². The van der Waals surface area contributed by atoms with E-state index in [1.165, 1.54) is 5.69 Å². The van der Waals surface area contributed by atoms with Crippen LogP contribution < -0.4 is 4.90 Å². The molecule has 2 rings (SSSR count). The van der Waals surface area contributed by atoms with Crippen LogP contribution in [-0.4, -0.2) is 70.8 Å². The summed E-state index contributed by atoms with van der Waals surface area (Å²) in [6.07, 6.45) is 5.23. The molecule has 160 valence electrons. The first kappa shape index (κ1) is 23.4. The Morgan fingerprint density at radius 3 is 2.54 bits per heavy atom. The molecule has 0 N–H and O–H groups in total. The lowest BCUT2D eigenvalue weighted by Crippen LogP contribution is -2.36. The van der Waals surface area contributed by atoms with E-state index in [-0.39, 0.29) is 6.29 Å². The second-order valence-electron chi connectivity index (χ2n) is 7.74. The molecule has 1 aromatic heterocycles. The van der Waals surface area contributed by atoms with Crippen molar-refractivity contribution in [1.29, 1.82) is 0 Å². The smallest absolute Gasteiger partial charge is 0.156 e. The van der Waals surface area contributed by atoms with Crippen molar-refractivity contribution >= 4 is 17.3 Å². The fourth-order valence-electron chi connectivity index (χ4n) is 3.61. The SMILES string of the molecule is COC(CCCCOCC1CCN(c2ccc(Cl)nc2CN(C)C)CC1)OC. The predicted molar refractivity (Wildman–Crippen MR) is 114 cm³/mol. The van der Waals surface area contributed by atoms with E-state index >= 15 is 0 Å². The molecule has 0 amide bonds. The van der Waals surface area contributed by atoms with Gasteiger partial charge in [-0.05, 0) is 64.3 Å². The molecule has 1 aliphatic rings. The summed E-state index contributed by atoms with van der Waals surface area (Å²) < 4.78 is 16.3. The van der Waals surface area contributed by atoms with Gasteiger partial charge < -0.3 is 24.0 Å². The van der Waals surface area contributed by atoms with E-state index in [1.807, 2.05) is 6.07 Å². The maximum atomic E-state index is 6.11. The molecule has 0 bridgehead atoms. The molecule has 0 spiro atoms. The molecule has 0 radical (unpaired) electrons. The zero-order valence-electron chi connectivity index (χ0n) is 17.8. The molecule has 6 nitrogen and oxygen atoms in total. The fraction of sp³-hybridized carbons (Fsp3) is 0.762. The highest BCUT2D eigenvalue weighted by atomic mass is 35.5. The molecule has 1 aromatic rings. The number of ether oxygens (including phenoxy) is 3. The molecule has 0 aliphatic carbocycles. The average Bonchev–Trinajstić information content (AvgIpc) is 2.68. The summed E-state index contributed by atoms with van der Waals surface area (Å²) in [5.74, 6) is 0.638. The Kier molecular flexibility index (Phi) is 10.5. The number of nitrogens with zero attached hydrogens (tertiary/aromatic N) is 3. The van der Waals surface area contributed by atoms with Crippen molar-refractivity contribution in [1.82, 2.24) is 9.88 Å². The molecular formula is C21H36ClN3O3. The largest absolute Gasteiger partial charge is 0.381 e. The average molecular weight is 414 g/mol. The Bertz CT molecular complexity index is 562.